The smallest absolute Gasteiger partial charge is 0.224 e. The average Bonchev–Trinajstić information content (AvgIpc) is 2.54. The number of carbonyl (C=O) groups excluding carboxylic acids is 1. The van der Waals surface area contributed by atoms with Gasteiger partial charge in [0.2, 0.25) is 5.91 Å². The van der Waals surface area contributed by atoms with E-state index in [0.29, 0.717) is 46.5 Å². The Hall–Kier alpha value is -2.22. The third-order valence-electron chi connectivity index (χ3n) is 3.00. The quantitative estimate of drug-likeness (QED) is 0.772. The Kier molecular flexibility index (Phi) is 6.28. The van der Waals surface area contributed by atoms with Crippen molar-refractivity contribution in [3.05, 3.63) is 58.1 Å². The number of amides is 1. The molecule has 0 aliphatic heterocycles. The molecule has 0 atom stereocenters. The minimum atomic E-state index is -0.111. The van der Waals surface area contributed by atoms with Crippen LogP contribution < -0.4 is 10.1 Å². The summed E-state index contributed by atoms with van der Waals surface area (Å²) in [6.45, 7) is 0.377. The van der Waals surface area contributed by atoms with Gasteiger partial charge in [0, 0.05) is 17.1 Å². The maximum atomic E-state index is 11.8. The molecule has 0 heterocycles. The van der Waals surface area contributed by atoms with E-state index in [1.54, 1.807) is 42.5 Å². The second-order valence-corrected chi connectivity index (χ2v) is 5.61. The zero-order valence-corrected chi connectivity index (χ0v) is 13.7. The monoisotopic (exact) mass is 348 g/mol. The van der Waals surface area contributed by atoms with Crippen LogP contribution in [0.2, 0.25) is 10.0 Å². The molecule has 0 fully saturated rings. The van der Waals surface area contributed by atoms with E-state index < -0.39 is 0 Å². The van der Waals surface area contributed by atoms with Crippen molar-refractivity contribution in [1.82, 2.24) is 0 Å². The number of nitriles is 1. The number of hydrogen-bond donors (Lipinski definition) is 1. The van der Waals surface area contributed by atoms with Crippen LogP contribution in [-0.4, -0.2) is 12.5 Å². The summed E-state index contributed by atoms with van der Waals surface area (Å²) in [5.74, 6) is 0.434. The maximum Gasteiger partial charge on any atom is 0.224 e. The van der Waals surface area contributed by atoms with E-state index in [4.69, 9.17) is 33.2 Å². The first kappa shape index (κ1) is 17.1. The molecule has 0 aliphatic carbocycles. The lowest BCUT2D eigenvalue weighted by molar-refractivity contribution is -0.116. The molecule has 6 heteroatoms. The van der Waals surface area contributed by atoms with E-state index in [1.807, 2.05) is 6.07 Å². The van der Waals surface area contributed by atoms with E-state index in [9.17, 15) is 4.79 Å². The maximum absolute atomic E-state index is 11.8. The van der Waals surface area contributed by atoms with Crippen LogP contribution >= 0.6 is 23.2 Å². The Morgan fingerprint density at radius 1 is 1.17 bits per heavy atom. The van der Waals surface area contributed by atoms with Crippen LogP contribution in [0.4, 0.5) is 5.69 Å². The van der Waals surface area contributed by atoms with Crippen molar-refractivity contribution in [2.24, 2.45) is 0 Å². The third-order valence-corrected chi connectivity index (χ3v) is 3.53. The van der Waals surface area contributed by atoms with E-state index in [2.05, 4.69) is 5.32 Å². The molecule has 0 saturated carbocycles. The van der Waals surface area contributed by atoms with Gasteiger partial charge in [0.1, 0.15) is 5.75 Å². The molecule has 0 unspecified atom stereocenters. The average molecular weight is 349 g/mol. The van der Waals surface area contributed by atoms with E-state index in [0.717, 1.165) is 0 Å². The summed E-state index contributed by atoms with van der Waals surface area (Å²) in [6, 6.07) is 13.7. The van der Waals surface area contributed by atoms with Crippen molar-refractivity contribution in [1.29, 1.82) is 5.26 Å². The molecule has 0 spiro atoms. The van der Waals surface area contributed by atoms with Crippen LogP contribution in [-0.2, 0) is 4.79 Å². The molecule has 0 aromatic heterocycles. The van der Waals surface area contributed by atoms with Crippen molar-refractivity contribution in [2.45, 2.75) is 12.8 Å². The SMILES string of the molecule is N#Cc1ccc(NC(=O)CCCOc2ccc(Cl)cc2Cl)cc1. The van der Waals surface area contributed by atoms with Crippen molar-refractivity contribution in [2.75, 3.05) is 11.9 Å². The number of anilines is 1. The first-order valence-electron chi connectivity index (χ1n) is 6.96. The lowest BCUT2D eigenvalue weighted by atomic mass is 10.2. The number of halogens is 2. The van der Waals surface area contributed by atoms with E-state index >= 15 is 0 Å². The van der Waals surface area contributed by atoms with Gasteiger partial charge in [0.25, 0.3) is 0 Å². The molecule has 1 amide bonds. The zero-order chi connectivity index (χ0) is 16.7. The van der Waals surface area contributed by atoms with Crippen molar-refractivity contribution in [3.8, 4) is 11.8 Å². The fourth-order valence-electron chi connectivity index (χ4n) is 1.86. The summed E-state index contributed by atoms with van der Waals surface area (Å²) in [7, 11) is 0. The lowest BCUT2D eigenvalue weighted by Gasteiger charge is -2.08. The molecule has 2 rings (SSSR count). The van der Waals surface area contributed by atoms with Crippen LogP contribution in [0.25, 0.3) is 0 Å². The van der Waals surface area contributed by atoms with Crippen LogP contribution in [0.5, 0.6) is 5.75 Å². The highest BCUT2D eigenvalue weighted by molar-refractivity contribution is 6.35. The van der Waals surface area contributed by atoms with Crippen LogP contribution in [0, 0.1) is 11.3 Å². The number of benzene rings is 2. The fourth-order valence-corrected chi connectivity index (χ4v) is 2.32. The molecule has 23 heavy (non-hydrogen) atoms. The predicted molar refractivity (Wildman–Crippen MR) is 91.0 cm³/mol. The number of carbonyl (C=O) groups is 1. The number of nitrogens with zero attached hydrogens (tertiary/aromatic N) is 1. The highest BCUT2D eigenvalue weighted by Gasteiger charge is 2.05. The molecule has 0 saturated heterocycles. The predicted octanol–water partition coefficient (Wildman–Crippen LogP) is 4.66. The molecule has 4 nitrogen and oxygen atoms in total. The van der Waals surface area contributed by atoms with E-state index in [-0.39, 0.29) is 5.91 Å². The van der Waals surface area contributed by atoms with Gasteiger partial charge in [-0.3, -0.25) is 4.79 Å². The molecular weight excluding hydrogens is 335 g/mol. The summed E-state index contributed by atoms with van der Waals surface area (Å²) in [4.78, 5) is 11.8. The van der Waals surface area contributed by atoms with Crippen molar-refractivity contribution in [3.63, 3.8) is 0 Å². The Morgan fingerprint density at radius 3 is 2.57 bits per heavy atom. The van der Waals surface area contributed by atoms with Gasteiger partial charge in [-0.25, -0.2) is 0 Å². The molecular formula is C17H14Cl2N2O2. The van der Waals surface area contributed by atoms with Crippen molar-refractivity contribution < 1.29 is 9.53 Å². The van der Waals surface area contributed by atoms with Gasteiger partial charge in [-0.05, 0) is 48.9 Å². The highest BCUT2D eigenvalue weighted by atomic mass is 35.5. The number of ether oxygens (including phenoxy) is 1. The minimum Gasteiger partial charge on any atom is -0.492 e. The van der Waals surface area contributed by atoms with Gasteiger partial charge in [0.15, 0.2) is 0 Å². The molecule has 0 aliphatic rings. The zero-order valence-electron chi connectivity index (χ0n) is 12.2. The normalized spacial score (nSPS) is 9.96. The molecule has 118 valence electrons. The van der Waals surface area contributed by atoms with Crippen LogP contribution in [0.3, 0.4) is 0 Å². The molecule has 1 N–H and O–H groups in total. The van der Waals surface area contributed by atoms with Gasteiger partial charge >= 0.3 is 0 Å². The first-order chi connectivity index (χ1) is 11.1. The fraction of sp³-hybridized carbons (Fsp3) is 0.176. The summed E-state index contributed by atoms with van der Waals surface area (Å²) < 4.78 is 5.52. The molecule has 0 bridgehead atoms. The Bertz CT molecular complexity index is 724. The van der Waals surface area contributed by atoms with Gasteiger partial charge in [0.05, 0.1) is 23.3 Å². The number of hydrogen-bond acceptors (Lipinski definition) is 3. The number of rotatable bonds is 6. The Labute approximate surface area is 144 Å². The Balaban J connectivity index is 1.73. The van der Waals surface area contributed by atoms with Crippen LogP contribution in [0.1, 0.15) is 18.4 Å². The Morgan fingerprint density at radius 2 is 1.91 bits per heavy atom. The van der Waals surface area contributed by atoms with Gasteiger partial charge in [-0.1, -0.05) is 23.2 Å². The highest BCUT2D eigenvalue weighted by Crippen LogP contribution is 2.27. The summed E-state index contributed by atoms with van der Waals surface area (Å²) in [6.07, 6.45) is 0.881. The lowest BCUT2D eigenvalue weighted by Crippen LogP contribution is -2.12. The minimum absolute atomic E-state index is 0.111. The largest absolute Gasteiger partial charge is 0.492 e. The topological polar surface area (TPSA) is 62.1 Å². The second-order valence-electron chi connectivity index (χ2n) is 4.76. The van der Waals surface area contributed by atoms with Gasteiger partial charge in [-0.15, -0.1) is 0 Å². The molecule has 2 aromatic carbocycles. The van der Waals surface area contributed by atoms with Crippen LogP contribution in [0.15, 0.2) is 42.5 Å². The van der Waals surface area contributed by atoms with Crippen molar-refractivity contribution >= 4 is 34.8 Å². The molecule has 2 aromatic rings. The van der Waals surface area contributed by atoms with Gasteiger partial charge in [-0.2, -0.15) is 5.26 Å². The summed E-state index contributed by atoms with van der Waals surface area (Å²) in [5, 5.41) is 12.5. The second kappa shape index (κ2) is 8.42. The number of nitrogens with one attached hydrogen (secondary N) is 1. The molecule has 0 radical (unpaired) electrons. The summed E-state index contributed by atoms with van der Waals surface area (Å²) >= 11 is 11.8. The third kappa shape index (κ3) is 5.48. The summed E-state index contributed by atoms with van der Waals surface area (Å²) in [5.41, 5.74) is 1.21. The standard InChI is InChI=1S/C17H14Cl2N2O2/c18-13-5-8-16(15(19)10-13)23-9-1-2-17(22)21-14-6-3-12(11-20)4-7-14/h3-8,10H,1-2,9H2,(H,21,22). The van der Waals surface area contributed by atoms with Gasteiger partial charge < -0.3 is 10.1 Å². The first-order valence-corrected chi connectivity index (χ1v) is 7.72. The van der Waals surface area contributed by atoms with E-state index in [1.165, 1.54) is 0 Å².